The number of hydrogen-bond donors (Lipinski definition) is 2. The maximum absolute atomic E-state index is 12.3. The largest absolute Gasteiger partial charge is 0.356 e. The predicted octanol–water partition coefficient (Wildman–Crippen LogP) is -0.407. The van der Waals surface area contributed by atoms with Crippen LogP contribution in [0.1, 0.15) is 12.8 Å². The number of carbonyl (C=O) groups is 1. The zero-order valence-electron chi connectivity index (χ0n) is 14.3. The molecular weight excluding hydrogens is 320 g/mol. The summed E-state index contributed by atoms with van der Waals surface area (Å²) in [5, 5.41) is 14.7. The van der Waals surface area contributed by atoms with Gasteiger partial charge >= 0.3 is 0 Å². The van der Waals surface area contributed by atoms with Crippen LogP contribution in [0.4, 0.5) is 0 Å². The van der Waals surface area contributed by atoms with Gasteiger partial charge in [0, 0.05) is 39.1 Å². The summed E-state index contributed by atoms with van der Waals surface area (Å²) < 4.78 is 1.25. The minimum absolute atomic E-state index is 0.0674. The molecule has 1 aliphatic rings. The molecule has 8 heteroatoms. The van der Waals surface area contributed by atoms with E-state index in [9.17, 15) is 9.59 Å². The Hall–Kier alpha value is -2.32. The Kier molecular flexibility index (Phi) is 6.08. The quantitative estimate of drug-likeness (QED) is 0.664. The Morgan fingerprint density at radius 2 is 2.00 bits per heavy atom. The highest BCUT2D eigenvalue weighted by atomic mass is 16.2. The average Bonchev–Trinajstić information content (AvgIpc) is 2.66. The van der Waals surface area contributed by atoms with E-state index >= 15 is 0 Å². The van der Waals surface area contributed by atoms with Gasteiger partial charge in [0.25, 0.3) is 5.56 Å². The number of carbonyl (C=O) groups excluding carboxylic acids is 1. The molecule has 1 aliphatic heterocycles. The van der Waals surface area contributed by atoms with Crippen LogP contribution >= 0.6 is 0 Å². The van der Waals surface area contributed by atoms with Crippen LogP contribution in [0, 0.1) is 0 Å². The van der Waals surface area contributed by atoms with Crippen molar-refractivity contribution in [2.24, 2.45) is 0 Å². The summed E-state index contributed by atoms with van der Waals surface area (Å²) in [5.41, 5.74) is 0.359. The highest BCUT2D eigenvalue weighted by molar-refractivity contribution is 5.77. The number of benzene rings is 1. The zero-order chi connectivity index (χ0) is 17.5. The van der Waals surface area contributed by atoms with E-state index in [1.807, 2.05) is 6.07 Å². The fraction of sp³-hybridized carbons (Fsp3) is 0.529. The summed E-state index contributed by atoms with van der Waals surface area (Å²) in [6, 6.07) is 7.08. The number of aromatic nitrogens is 3. The van der Waals surface area contributed by atoms with Crippen molar-refractivity contribution in [1.29, 1.82) is 0 Å². The Morgan fingerprint density at radius 1 is 1.20 bits per heavy atom. The molecule has 2 heterocycles. The summed E-state index contributed by atoms with van der Waals surface area (Å²) in [7, 11) is 0. The maximum Gasteiger partial charge on any atom is 0.277 e. The highest BCUT2D eigenvalue weighted by Crippen LogP contribution is 2.03. The zero-order valence-corrected chi connectivity index (χ0v) is 14.3. The summed E-state index contributed by atoms with van der Waals surface area (Å²) in [5.74, 6) is -0.0674. The SMILES string of the molecule is O=C(CCn1nnc2ccccc2c1=O)NCCCN1CCNCC1. The van der Waals surface area contributed by atoms with Gasteiger partial charge in [-0.1, -0.05) is 17.3 Å². The fourth-order valence-corrected chi connectivity index (χ4v) is 2.93. The minimum atomic E-state index is -0.211. The van der Waals surface area contributed by atoms with Crippen molar-refractivity contribution in [2.45, 2.75) is 19.4 Å². The Balaban J connectivity index is 1.41. The third kappa shape index (κ3) is 4.83. The summed E-state index contributed by atoms with van der Waals surface area (Å²) in [4.78, 5) is 26.6. The lowest BCUT2D eigenvalue weighted by molar-refractivity contribution is -0.121. The molecule has 0 unspecified atom stereocenters. The van der Waals surface area contributed by atoms with E-state index in [2.05, 4.69) is 25.8 Å². The van der Waals surface area contributed by atoms with Gasteiger partial charge in [0.1, 0.15) is 5.52 Å². The van der Waals surface area contributed by atoms with Gasteiger partial charge in [0.05, 0.1) is 11.9 Å². The van der Waals surface area contributed by atoms with E-state index in [0.717, 1.165) is 39.1 Å². The van der Waals surface area contributed by atoms with E-state index in [0.29, 0.717) is 17.4 Å². The molecule has 0 bridgehead atoms. The molecule has 8 nitrogen and oxygen atoms in total. The molecule has 134 valence electrons. The monoisotopic (exact) mass is 344 g/mol. The van der Waals surface area contributed by atoms with Crippen LogP contribution in [0.15, 0.2) is 29.1 Å². The summed E-state index contributed by atoms with van der Waals surface area (Å²) in [6.07, 6.45) is 1.15. The molecule has 2 aromatic rings. The molecule has 0 radical (unpaired) electrons. The van der Waals surface area contributed by atoms with Gasteiger partial charge in [0.15, 0.2) is 0 Å². The number of nitrogens with one attached hydrogen (secondary N) is 2. The molecular formula is C17H24N6O2. The van der Waals surface area contributed by atoms with Crippen LogP contribution in [-0.4, -0.2) is 65.1 Å². The van der Waals surface area contributed by atoms with Gasteiger partial charge in [-0.25, -0.2) is 4.68 Å². The van der Waals surface area contributed by atoms with E-state index in [-0.39, 0.29) is 24.4 Å². The van der Waals surface area contributed by atoms with Crippen LogP contribution < -0.4 is 16.2 Å². The lowest BCUT2D eigenvalue weighted by Crippen LogP contribution is -2.44. The van der Waals surface area contributed by atoms with Crippen molar-refractivity contribution in [3.05, 3.63) is 34.6 Å². The van der Waals surface area contributed by atoms with Gasteiger partial charge in [-0.05, 0) is 25.1 Å². The highest BCUT2D eigenvalue weighted by Gasteiger charge is 2.10. The van der Waals surface area contributed by atoms with Gasteiger partial charge in [-0.2, -0.15) is 0 Å². The molecule has 2 N–H and O–H groups in total. The fourth-order valence-electron chi connectivity index (χ4n) is 2.93. The van der Waals surface area contributed by atoms with Gasteiger partial charge in [0.2, 0.25) is 5.91 Å². The number of piperazine rings is 1. The van der Waals surface area contributed by atoms with E-state index in [4.69, 9.17) is 0 Å². The third-order valence-corrected chi connectivity index (χ3v) is 4.36. The Morgan fingerprint density at radius 3 is 2.84 bits per heavy atom. The van der Waals surface area contributed by atoms with Gasteiger partial charge < -0.3 is 15.5 Å². The maximum atomic E-state index is 12.3. The second-order valence-electron chi connectivity index (χ2n) is 6.18. The lowest BCUT2D eigenvalue weighted by atomic mass is 10.2. The van der Waals surface area contributed by atoms with Crippen molar-refractivity contribution in [3.63, 3.8) is 0 Å². The molecule has 0 atom stereocenters. The first-order valence-corrected chi connectivity index (χ1v) is 8.76. The molecule has 1 fully saturated rings. The number of amides is 1. The van der Waals surface area contributed by atoms with E-state index in [1.54, 1.807) is 18.2 Å². The minimum Gasteiger partial charge on any atom is -0.356 e. The van der Waals surface area contributed by atoms with Gasteiger partial charge in [-0.3, -0.25) is 9.59 Å². The topological polar surface area (TPSA) is 92.1 Å². The second kappa shape index (κ2) is 8.68. The molecule has 3 rings (SSSR count). The Bertz CT molecular complexity index is 769. The molecule has 1 aromatic carbocycles. The van der Waals surface area contributed by atoms with Crippen molar-refractivity contribution < 1.29 is 4.79 Å². The Labute approximate surface area is 146 Å². The molecule has 0 spiro atoms. The molecule has 0 saturated carbocycles. The first-order valence-electron chi connectivity index (χ1n) is 8.76. The van der Waals surface area contributed by atoms with Gasteiger partial charge in [-0.15, -0.1) is 5.10 Å². The standard InChI is InChI=1S/C17H24N6O2/c24-16(19-7-3-10-22-12-8-18-9-13-22)6-11-23-17(25)14-4-1-2-5-15(14)20-21-23/h1-2,4-5,18H,3,6-13H2,(H,19,24). The lowest BCUT2D eigenvalue weighted by Gasteiger charge is -2.27. The molecule has 25 heavy (non-hydrogen) atoms. The van der Waals surface area contributed by atoms with Crippen LogP contribution in [0.3, 0.4) is 0 Å². The molecule has 1 saturated heterocycles. The van der Waals surface area contributed by atoms with Crippen LogP contribution in [-0.2, 0) is 11.3 Å². The number of fused-ring (bicyclic) bond motifs is 1. The van der Waals surface area contributed by atoms with Crippen molar-refractivity contribution in [3.8, 4) is 0 Å². The number of nitrogens with zero attached hydrogens (tertiary/aromatic N) is 4. The smallest absolute Gasteiger partial charge is 0.277 e. The van der Waals surface area contributed by atoms with Crippen molar-refractivity contribution in [1.82, 2.24) is 30.5 Å². The summed E-state index contributed by atoms with van der Waals surface area (Å²) >= 11 is 0. The predicted molar refractivity (Wildman–Crippen MR) is 95.4 cm³/mol. The van der Waals surface area contributed by atoms with E-state index in [1.165, 1.54) is 4.68 Å². The second-order valence-corrected chi connectivity index (χ2v) is 6.18. The van der Waals surface area contributed by atoms with E-state index < -0.39 is 0 Å². The van der Waals surface area contributed by atoms with Crippen LogP contribution in [0.2, 0.25) is 0 Å². The number of hydrogen-bond acceptors (Lipinski definition) is 6. The molecule has 1 amide bonds. The first-order chi connectivity index (χ1) is 12.2. The van der Waals surface area contributed by atoms with Crippen LogP contribution in [0.5, 0.6) is 0 Å². The van der Waals surface area contributed by atoms with Crippen molar-refractivity contribution in [2.75, 3.05) is 39.3 Å². The number of aryl methyl sites for hydroxylation is 1. The number of rotatable bonds is 7. The third-order valence-electron chi connectivity index (χ3n) is 4.36. The van der Waals surface area contributed by atoms with Crippen LogP contribution in [0.25, 0.3) is 10.9 Å². The molecule has 0 aliphatic carbocycles. The van der Waals surface area contributed by atoms with Crippen molar-refractivity contribution >= 4 is 16.8 Å². The first kappa shape index (κ1) is 17.5. The normalized spacial score (nSPS) is 15.4. The molecule has 1 aromatic heterocycles. The summed E-state index contributed by atoms with van der Waals surface area (Å²) in [6.45, 7) is 6.09. The average molecular weight is 344 g/mol.